The molecule has 5 rings (SSSR count). The molecule has 4 heterocycles. The smallest absolute Gasteiger partial charge is 0.253 e. The Labute approximate surface area is 175 Å². The average molecular weight is 400 g/mol. The third-order valence-corrected chi connectivity index (χ3v) is 5.56. The molecule has 0 aliphatic carbocycles. The van der Waals surface area contributed by atoms with E-state index < -0.39 is 0 Å². The Hall–Kier alpha value is -3.45. The first-order valence-electron chi connectivity index (χ1n) is 10.3. The van der Waals surface area contributed by atoms with Crippen molar-refractivity contribution >= 4 is 11.6 Å². The molecule has 3 aromatic heterocycles. The van der Waals surface area contributed by atoms with E-state index in [9.17, 15) is 4.79 Å². The van der Waals surface area contributed by atoms with Gasteiger partial charge in [0.15, 0.2) is 0 Å². The summed E-state index contributed by atoms with van der Waals surface area (Å²) in [6.45, 7) is 4.71. The highest BCUT2D eigenvalue weighted by Gasteiger charge is 2.22. The van der Waals surface area contributed by atoms with Crippen LogP contribution < -0.4 is 0 Å². The Bertz CT molecular complexity index is 1090. The van der Waals surface area contributed by atoms with Crippen LogP contribution in [-0.4, -0.2) is 61.1 Å². The fourth-order valence-corrected chi connectivity index (χ4v) is 3.92. The predicted molar refractivity (Wildman–Crippen MR) is 114 cm³/mol. The summed E-state index contributed by atoms with van der Waals surface area (Å²) in [4.78, 5) is 21.9. The fraction of sp³-hybridized carbons (Fsp3) is 0.261. The maximum atomic E-state index is 12.9. The van der Waals surface area contributed by atoms with Gasteiger partial charge in [-0.3, -0.25) is 14.4 Å². The van der Waals surface area contributed by atoms with Crippen LogP contribution >= 0.6 is 0 Å². The molecule has 1 aliphatic heterocycles. The second-order valence-electron chi connectivity index (χ2n) is 7.67. The number of nitrogens with zero attached hydrogens (tertiary/aromatic N) is 6. The van der Waals surface area contributed by atoms with Gasteiger partial charge in [-0.25, -0.2) is 4.98 Å². The number of imidazole rings is 1. The van der Waals surface area contributed by atoms with E-state index in [4.69, 9.17) is 0 Å². The van der Waals surface area contributed by atoms with Crippen LogP contribution in [0.1, 0.15) is 21.6 Å². The van der Waals surface area contributed by atoms with E-state index in [0.29, 0.717) is 6.54 Å². The van der Waals surface area contributed by atoms with Crippen LogP contribution in [-0.2, 0) is 13.1 Å². The second-order valence-corrected chi connectivity index (χ2v) is 7.67. The molecular formula is C23H24N6O. The van der Waals surface area contributed by atoms with Gasteiger partial charge in [0.25, 0.3) is 5.91 Å². The third-order valence-electron chi connectivity index (χ3n) is 5.56. The molecule has 1 amide bonds. The molecule has 152 valence electrons. The van der Waals surface area contributed by atoms with Gasteiger partial charge < -0.3 is 9.30 Å². The van der Waals surface area contributed by atoms with Crippen LogP contribution in [0.3, 0.4) is 0 Å². The summed E-state index contributed by atoms with van der Waals surface area (Å²) < 4.78 is 3.92. The van der Waals surface area contributed by atoms with Crippen LogP contribution in [0.25, 0.3) is 5.65 Å². The zero-order valence-electron chi connectivity index (χ0n) is 16.8. The Morgan fingerprint density at radius 1 is 0.900 bits per heavy atom. The topological polar surface area (TPSA) is 58.7 Å². The summed E-state index contributed by atoms with van der Waals surface area (Å²) >= 11 is 0. The van der Waals surface area contributed by atoms with Gasteiger partial charge in [0.05, 0.1) is 12.2 Å². The highest BCUT2D eigenvalue weighted by Crippen LogP contribution is 2.13. The van der Waals surface area contributed by atoms with E-state index in [-0.39, 0.29) is 5.91 Å². The normalized spacial score (nSPS) is 15.0. The molecule has 0 radical (unpaired) electrons. The zero-order chi connectivity index (χ0) is 20.3. The summed E-state index contributed by atoms with van der Waals surface area (Å²) in [5.74, 6) is 0.105. The first-order valence-corrected chi connectivity index (χ1v) is 10.3. The van der Waals surface area contributed by atoms with E-state index >= 15 is 0 Å². The first kappa shape index (κ1) is 18.6. The van der Waals surface area contributed by atoms with Crippen molar-refractivity contribution < 1.29 is 4.79 Å². The lowest BCUT2D eigenvalue weighted by atomic mass is 10.1. The number of fused-ring (bicyclic) bond motifs is 1. The molecule has 7 heteroatoms. The molecule has 1 fully saturated rings. The third kappa shape index (κ3) is 3.97. The van der Waals surface area contributed by atoms with Gasteiger partial charge in [-0.1, -0.05) is 18.2 Å². The summed E-state index contributed by atoms with van der Waals surface area (Å²) in [5.41, 5.74) is 3.91. The maximum Gasteiger partial charge on any atom is 0.253 e. The number of piperazine rings is 1. The Balaban J connectivity index is 1.16. The lowest BCUT2D eigenvalue weighted by Gasteiger charge is -2.34. The molecule has 1 saturated heterocycles. The van der Waals surface area contributed by atoms with Gasteiger partial charge >= 0.3 is 0 Å². The van der Waals surface area contributed by atoms with Gasteiger partial charge in [-0.05, 0) is 35.9 Å². The van der Waals surface area contributed by atoms with Gasteiger partial charge in [0.2, 0.25) is 0 Å². The van der Waals surface area contributed by atoms with Gasteiger partial charge in [-0.2, -0.15) is 5.10 Å². The van der Waals surface area contributed by atoms with Crippen molar-refractivity contribution in [1.29, 1.82) is 0 Å². The Morgan fingerprint density at radius 2 is 1.73 bits per heavy atom. The maximum absolute atomic E-state index is 12.9. The van der Waals surface area contributed by atoms with Crippen molar-refractivity contribution in [3.63, 3.8) is 0 Å². The number of amides is 1. The second kappa shape index (κ2) is 8.12. The summed E-state index contributed by atoms with van der Waals surface area (Å²) in [5, 5.41) is 4.22. The summed E-state index contributed by atoms with van der Waals surface area (Å²) in [6.07, 6.45) is 7.80. The van der Waals surface area contributed by atoms with E-state index in [1.165, 1.54) is 0 Å². The first-order chi connectivity index (χ1) is 14.7. The van der Waals surface area contributed by atoms with Crippen LogP contribution in [0.5, 0.6) is 0 Å². The molecule has 4 aromatic rings. The van der Waals surface area contributed by atoms with E-state index in [1.54, 1.807) is 6.20 Å². The molecule has 7 nitrogen and oxygen atoms in total. The molecule has 0 unspecified atom stereocenters. The lowest BCUT2D eigenvalue weighted by molar-refractivity contribution is 0.0627. The minimum absolute atomic E-state index is 0.105. The van der Waals surface area contributed by atoms with E-state index in [1.807, 2.05) is 74.9 Å². The number of carbonyl (C=O) groups is 1. The number of pyridine rings is 1. The minimum atomic E-state index is 0.105. The Kier molecular flexibility index (Phi) is 5.03. The summed E-state index contributed by atoms with van der Waals surface area (Å²) in [6, 6.07) is 15.8. The fourth-order valence-electron chi connectivity index (χ4n) is 3.92. The van der Waals surface area contributed by atoms with Crippen molar-refractivity contribution in [3.05, 3.63) is 90.1 Å². The number of hydrogen-bond donors (Lipinski definition) is 0. The number of rotatable bonds is 5. The highest BCUT2D eigenvalue weighted by atomic mass is 16.2. The van der Waals surface area contributed by atoms with Crippen molar-refractivity contribution in [3.8, 4) is 0 Å². The van der Waals surface area contributed by atoms with Gasteiger partial charge in [0, 0.05) is 63.1 Å². The predicted octanol–water partition coefficient (Wildman–Crippen LogP) is 2.54. The quantitative estimate of drug-likeness (QED) is 0.517. The molecule has 1 aliphatic rings. The monoisotopic (exact) mass is 400 g/mol. The van der Waals surface area contributed by atoms with Gasteiger partial charge in [0.1, 0.15) is 5.65 Å². The molecule has 30 heavy (non-hydrogen) atoms. The molecule has 0 atom stereocenters. The van der Waals surface area contributed by atoms with Crippen LogP contribution in [0.15, 0.2) is 73.3 Å². The van der Waals surface area contributed by atoms with Gasteiger partial charge in [-0.15, -0.1) is 0 Å². The molecular weight excluding hydrogens is 376 g/mol. The lowest BCUT2D eigenvalue weighted by Crippen LogP contribution is -2.48. The standard InChI is InChI=1S/C23H24N6O/c30-23(20-7-5-19(6-8-20)16-29-11-3-9-24-29)27-14-12-26(13-15-27)17-21-18-28-10-2-1-4-22(28)25-21/h1-11,18H,12-17H2. The van der Waals surface area contributed by atoms with E-state index in [2.05, 4.69) is 21.2 Å². The van der Waals surface area contributed by atoms with Crippen molar-refractivity contribution in [1.82, 2.24) is 29.0 Å². The molecule has 1 aromatic carbocycles. The molecule has 0 saturated carbocycles. The number of aromatic nitrogens is 4. The molecule has 0 bridgehead atoms. The van der Waals surface area contributed by atoms with Crippen LogP contribution in [0, 0.1) is 0 Å². The number of benzene rings is 1. The minimum Gasteiger partial charge on any atom is -0.336 e. The zero-order valence-corrected chi connectivity index (χ0v) is 16.8. The SMILES string of the molecule is O=C(c1ccc(Cn2cccn2)cc1)N1CCN(Cc2cn3ccccc3n2)CC1. The molecule has 0 N–H and O–H groups in total. The van der Waals surface area contributed by atoms with Crippen LogP contribution in [0.4, 0.5) is 0 Å². The van der Waals surface area contributed by atoms with E-state index in [0.717, 1.165) is 55.2 Å². The number of hydrogen-bond acceptors (Lipinski definition) is 4. The summed E-state index contributed by atoms with van der Waals surface area (Å²) in [7, 11) is 0. The largest absolute Gasteiger partial charge is 0.336 e. The van der Waals surface area contributed by atoms with Crippen molar-refractivity contribution in [2.24, 2.45) is 0 Å². The Morgan fingerprint density at radius 3 is 2.47 bits per heavy atom. The number of carbonyl (C=O) groups excluding carboxylic acids is 1. The molecule has 0 spiro atoms. The average Bonchev–Trinajstić information content (AvgIpc) is 3.43. The van der Waals surface area contributed by atoms with Crippen molar-refractivity contribution in [2.45, 2.75) is 13.1 Å². The van der Waals surface area contributed by atoms with Crippen LogP contribution in [0.2, 0.25) is 0 Å². The van der Waals surface area contributed by atoms with Crippen molar-refractivity contribution in [2.75, 3.05) is 26.2 Å². The highest BCUT2D eigenvalue weighted by molar-refractivity contribution is 5.94.